The van der Waals surface area contributed by atoms with E-state index in [1.54, 1.807) is 12.1 Å². The molecule has 0 aliphatic rings. The van der Waals surface area contributed by atoms with Crippen LogP contribution in [0.15, 0.2) is 60.3 Å². The molecule has 3 aromatic rings. The average molecular weight is 331 g/mol. The van der Waals surface area contributed by atoms with Gasteiger partial charge in [-0.25, -0.2) is 9.97 Å². The van der Waals surface area contributed by atoms with Gasteiger partial charge in [-0.15, -0.1) is 0 Å². The third-order valence-corrected chi connectivity index (χ3v) is 3.83. The molecule has 126 valence electrons. The molecule has 2 heterocycles. The Labute approximate surface area is 147 Å². The van der Waals surface area contributed by atoms with Crippen LogP contribution in [0.5, 0.6) is 5.75 Å². The Morgan fingerprint density at radius 3 is 2.64 bits per heavy atom. The van der Waals surface area contributed by atoms with Crippen LogP contribution >= 0.6 is 0 Å². The summed E-state index contributed by atoms with van der Waals surface area (Å²) < 4.78 is 0. The Morgan fingerprint density at radius 2 is 1.92 bits per heavy atom. The highest BCUT2D eigenvalue weighted by molar-refractivity contribution is 5.81. The molecule has 0 amide bonds. The average Bonchev–Trinajstić information content (AvgIpc) is 2.60. The summed E-state index contributed by atoms with van der Waals surface area (Å²) in [4.78, 5) is 11.0. The Kier molecular flexibility index (Phi) is 4.80. The first-order valence-corrected chi connectivity index (χ1v) is 8.11. The van der Waals surface area contributed by atoms with Crippen molar-refractivity contribution in [1.29, 1.82) is 0 Å². The zero-order valence-corrected chi connectivity index (χ0v) is 14.6. The number of hydrogen-bond acceptors (Lipinski definition) is 4. The van der Waals surface area contributed by atoms with Crippen LogP contribution in [0.1, 0.15) is 18.2 Å². The molecule has 0 bridgehead atoms. The molecule has 3 rings (SSSR count). The number of nitrogens with zero attached hydrogens (tertiary/aromatic N) is 3. The molecule has 0 aliphatic carbocycles. The van der Waals surface area contributed by atoms with Crippen LogP contribution in [0.25, 0.3) is 23.1 Å². The topological polar surface area (TPSA) is 49.3 Å². The first-order chi connectivity index (χ1) is 12.0. The van der Waals surface area contributed by atoms with Crippen LogP contribution < -0.4 is 4.90 Å². The van der Waals surface area contributed by atoms with Gasteiger partial charge in [-0.1, -0.05) is 23.8 Å². The molecule has 0 aliphatic heterocycles. The first kappa shape index (κ1) is 16.7. The first-order valence-electron chi connectivity index (χ1n) is 8.11. The van der Waals surface area contributed by atoms with Crippen LogP contribution in [0, 0.1) is 0 Å². The molecule has 2 aromatic heterocycles. The molecule has 0 spiro atoms. The maximum Gasteiger partial charge on any atom is 0.127 e. The molecule has 0 unspecified atom stereocenters. The zero-order chi connectivity index (χ0) is 17.8. The lowest BCUT2D eigenvalue weighted by Crippen LogP contribution is -2.09. The van der Waals surface area contributed by atoms with E-state index >= 15 is 0 Å². The van der Waals surface area contributed by atoms with Gasteiger partial charge in [0, 0.05) is 25.7 Å². The summed E-state index contributed by atoms with van der Waals surface area (Å²) >= 11 is 0. The fraction of sp³-hybridized carbons (Fsp3) is 0.143. The predicted molar refractivity (Wildman–Crippen MR) is 105 cm³/mol. The molecule has 1 aromatic carbocycles. The molecular formula is C21H21N3O. The summed E-state index contributed by atoms with van der Waals surface area (Å²) in [5.41, 5.74) is 3.93. The molecule has 0 saturated heterocycles. The number of anilines is 1. The van der Waals surface area contributed by atoms with E-state index in [0.29, 0.717) is 0 Å². The van der Waals surface area contributed by atoms with Gasteiger partial charge in [-0.2, -0.15) is 0 Å². The maximum absolute atomic E-state index is 9.51. The van der Waals surface area contributed by atoms with E-state index in [-0.39, 0.29) is 5.75 Å². The Morgan fingerprint density at radius 1 is 1.08 bits per heavy atom. The number of phenolic OH excluding ortho intramolecular Hbond substituents is 1. The number of allylic oxidation sites excluding steroid dienone is 2. The van der Waals surface area contributed by atoms with Gasteiger partial charge in [0.2, 0.25) is 0 Å². The van der Waals surface area contributed by atoms with Gasteiger partial charge in [0.1, 0.15) is 11.6 Å². The Hall–Kier alpha value is -3.14. The molecule has 4 heteroatoms. The molecule has 0 radical (unpaired) electrons. The number of aromatic hydroxyl groups is 1. The van der Waals surface area contributed by atoms with Crippen molar-refractivity contribution in [2.24, 2.45) is 0 Å². The lowest BCUT2D eigenvalue weighted by atomic mass is 10.1. The highest BCUT2D eigenvalue weighted by Crippen LogP contribution is 2.19. The van der Waals surface area contributed by atoms with E-state index in [1.807, 2.05) is 61.6 Å². The van der Waals surface area contributed by atoms with Gasteiger partial charge >= 0.3 is 0 Å². The fourth-order valence-electron chi connectivity index (χ4n) is 2.50. The Bertz CT molecular complexity index is 941. The minimum absolute atomic E-state index is 0.255. The number of rotatable bonds is 4. The van der Waals surface area contributed by atoms with E-state index in [2.05, 4.69) is 29.0 Å². The smallest absolute Gasteiger partial charge is 0.127 e. The van der Waals surface area contributed by atoms with Crippen molar-refractivity contribution in [2.45, 2.75) is 6.92 Å². The van der Waals surface area contributed by atoms with Crippen molar-refractivity contribution in [2.75, 3.05) is 19.0 Å². The van der Waals surface area contributed by atoms with Crippen molar-refractivity contribution in [3.05, 3.63) is 71.6 Å². The van der Waals surface area contributed by atoms with Gasteiger partial charge in [0.05, 0.1) is 11.2 Å². The van der Waals surface area contributed by atoms with Crippen LogP contribution in [0.4, 0.5) is 5.82 Å². The second-order valence-corrected chi connectivity index (χ2v) is 6.18. The molecule has 0 fully saturated rings. The van der Waals surface area contributed by atoms with E-state index in [0.717, 1.165) is 33.6 Å². The van der Waals surface area contributed by atoms with Crippen LogP contribution in [0.2, 0.25) is 0 Å². The van der Waals surface area contributed by atoms with Gasteiger partial charge < -0.3 is 10.0 Å². The minimum Gasteiger partial charge on any atom is -0.508 e. The zero-order valence-electron chi connectivity index (χ0n) is 14.6. The van der Waals surface area contributed by atoms with Gasteiger partial charge in [0.25, 0.3) is 0 Å². The summed E-state index contributed by atoms with van der Waals surface area (Å²) in [5, 5.41) is 10.4. The van der Waals surface area contributed by atoms with E-state index in [4.69, 9.17) is 0 Å². The number of benzene rings is 1. The summed E-state index contributed by atoms with van der Waals surface area (Å²) in [7, 11) is 3.95. The fourth-order valence-corrected chi connectivity index (χ4v) is 2.50. The van der Waals surface area contributed by atoms with Crippen molar-refractivity contribution in [3.8, 4) is 5.75 Å². The SMILES string of the molecule is CC(/C=C/c1ccc2cc(O)ccc2n1)=C\c1ccc(N(C)C)nc1. The van der Waals surface area contributed by atoms with Crippen LogP contribution in [-0.4, -0.2) is 29.2 Å². The van der Waals surface area contributed by atoms with Gasteiger partial charge in [0.15, 0.2) is 0 Å². The molecule has 4 nitrogen and oxygen atoms in total. The molecule has 1 N–H and O–H groups in total. The van der Waals surface area contributed by atoms with Crippen LogP contribution in [0.3, 0.4) is 0 Å². The molecular weight excluding hydrogens is 310 g/mol. The lowest BCUT2D eigenvalue weighted by molar-refractivity contribution is 0.476. The number of phenols is 1. The van der Waals surface area contributed by atoms with Gasteiger partial charge in [-0.05, 0) is 55.0 Å². The summed E-state index contributed by atoms with van der Waals surface area (Å²) in [6, 6.07) is 13.2. The molecule has 0 atom stereocenters. The normalized spacial score (nSPS) is 12.0. The van der Waals surface area contributed by atoms with Crippen molar-refractivity contribution in [1.82, 2.24) is 9.97 Å². The summed E-state index contributed by atoms with van der Waals surface area (Å²) in [5.74, 6) is 1.20. The second kappa shape index (κ2) is 7.18. The molecule has 25 heavy (non-hydrogen) atoms. The van der Waals surface area contributed by atoms with Crippen molar-refractivity contribution >= 4 is 28.9 Å². The van der Waals surface area contributed by atoms with Crippen molar-refractivity contribution in [3.63, 3.8) is 0 Å². The summed E-state index contributed by atoms with van der Waals surface area (Å²) in [6.45, 7) is 2.05. The standard InChI is InChI=1S/C21H21N3O/c1-15(12-16-5-11-21(22-14-16)24(2)3)4-7-18-8-6-17-13-19(25)9-10-20(17)23-18/h4-14,25H,1-3H3/b7-4+,15-12+. The number of fused-ring (bicyclic) bond motifs is 1. The minimum atomic E-state index is 0.255. The monoisotopic (exact) mass is 331 g/mol. The highest BCUT2D eigenvalue weighted by atomic mass is 16.3. The maximum atomic E-state index is 9.51. The predicted octanol–water partition coefficient (Wildman–Crippen LogP) is 4.52. The second-order valence-electron chi connectivity index (χ2n) is 6.18. The highest BCUT2D eigenvalue weighted by Gasteiger charge is 1.98. The third-order valence-electron chi connectivity index (χ3n) is 3.83. The quantitative estimate of drug-likeness (QED) is 0.714. The number of hydrogen-bond donors (Lipinski definition) is 1. The molecule has 0 saturated carbocycles. The largest absolute Gasteiger partial charge is 0.508 e. The summed E-state index contributed by atoms with van der Waals surface area (Å²) in [6.07, 6.45) is 7.98. The third kappa shape index (κ3) is 4.23. The lowest BCUT2D eigenvalue weighted by Gasteiger charge is -2.10. The number of pyridine rings is 2. The number of aromatic nitrogens is 2. The van der Waals surface area contributed by atoms with Gasteiger partial charge in [-0.3, -0.25) is 0 Å². The van der Waals surface area contributed by atoms with E-state index in [1.165, 1.54) is 0 Å². The Balaban J connectivity index is 1.77. The van der Waals surface area contributed by atoms with Crippen LogP contribution in [-0.2, 0) is 0 Å². The van der Waals surface area contributed by atoms with E-state index in [9.17, 15) is 5.11 Å². The van der Waals surface area contributed by atoms with Crippen molar-refractivity contribution < 1.29 is 5.11 Å². The van der Waals surface area contributed by atoms with E-state index < -0.39 is 0 Å².